The van der Waals surface area contributed by atoms with E-state index in [0.717, 1.165) is 12.3 Å². The SMILES string of the molecule is CCOC(=O)N1CCN(C(=O)[C@@H]2CN(C)[C@H]3c4ccccc4OC[C@@H]23)CC1. The number of nitrogens with zero attached hydrogens (tertiary/aromatic N) is 3. The normalized spacial score (nSPS) is 27.6. The lowest BCUT2D eigenvalue weighted by Crippen LogP contribution is -2.53. The number of hydrogen-bond acceptors (Lipinski definition) is 5. The molecule has 2 fully saturated rings. The van der Waals surface area contributed by atoms with Crippen molar-refractivity contribution in [2.75, 3.05) is 53.0 Å². The van der Waals surface area contributed by atoms with Crippen molar-refractivity contribution >= 4 is 12.0 Å². The van der Waals surface area contributed by atoms with Gasteiger partial charge in [-0.2, -0.15) is 0 Å². The maximum Gasteiger partial charge on any atom is 0.409 e. The van der Waals surface area contributed by atoms with Crippen LogP contribution in [0.25, 0.3) is 0 Å². The molecule has 1 aromatic carbocycles. The van der Waals surface area contributed by atoms with Gasteiger partial charge in [-0.1, -0.05) is 18.2 Å². The summed E-state index contributed by atoms with van der Waals surface area (Å²) < 4.78 is 11.0. The largest absolute Gasteiger partial charge is 0.493 e. The third kappa shape index (κ3) is 3.25. The van der Waals surface area contributed by atoms with Gasteiger partial charge in [-0.05, 0) is 20.0 Å². The minimum absolute atomic E-state index is 0.0671. The molecule has 4 rings (SSSR count). The molecule has 0 unspecified atom stereocenters. The zero-order valence-electron chi connectivity index (χ0n) is 16.0. The molecule has 0 N–H and O–H groups in total. The fraction of sp³-hybridized carbons (Fsp3) is 0.600. The van der Waals surface area contributed by atoms with Crippen LogP contribution in [-0.4, -0.2) is 79.7 Å². The predicted molar refractivity (Wildman–Crippen MR) is 99.5 cm³/mol. The summed E-state index contributed by atoms with van der Waals surface area (Å²) in [6.45, 7) is 5.67. The molecule has 3 heterocycles. The molecule has 3 aliphatic rings. The number of benzene rings is 1. The van der Waals surface area contributed by atoms with Crippen molar-refractivity contribution in [1.29, 1.82) is 0 Å². The number of hydrogen-bond donors (Lipinski definition) is 0. The molecule has 0 aromatic heterocycles. The first-order valence-electron chi connectivity index (χ1n) is 9.72. The van der Waals surface area contributed by atoms with Crippen molar-refractivity contribution in [1.82, 2.24) is 14.7 Å². The Morgan fingerprint density at radius 2 is 1.85 bits per heavy atom. The average Bonchev–Trinajstić information content (AvgIpc) is 3.05. The lowest BCUT2D eigenvalue weighted by Gasteiger charge is -2.37. The summed E-state index contributed by atoms with van der Waals surface area (Å²) in [6.07, 6.45) is -0.289. The highest BCUT2D eigenvalue weighted by atomic mass is 16.6. The maximum absolute atomic E-state index is 13.2. The van der Waals surface area contributed by atoms with Gasteiger partial charge in [0.05, 0.1) is 19.1 Å². The van der Waals surface area contributed by atoms with Crippen molar-refractivity contribution in [2.24, 2.45) is 11.8 Å². The molecule has 0 spiro atoms. The van der Waals surface area contributed by atoms with E-state index in [2.05, 4.69) is 18.0 Å². The highest BCUT2D eigenvalue weighted by Gasteiger charge is 2.48. The van der Waals surface area contributed by atoms with Gasteiger partial charge in [-0.15, -0.1) is 0 Å². The number of carbonyl (C=O) groups excluding carboxylic acids is 2. The van der Waals surface area contributed by atoms with E-state index in [4.69, 9.17) is 9.47 Å². The Bertz CT molecular complexity index is 717. The maximum atomic E-state index is 13.2. The van der Waals surface area contributed by atoms with E-state index in [0.29, 0.717) is 39.4 Å². The standard InChI is InChI=1S/C20H27N3O4/c1-3-26-20(25)23-10-8-22(9-11-23)19(24)15-12-21(2)18-14-6-4-5-7-17(14)27-13-16(15)18/h4-7,15-16,18H,3,8-13H2,1-2H3/t15-,16+,18+/m1/s1. The summed E-state index contributed by atoms with van der Waals surface area (Å²) in [7, 11) is 2.09. The second-order valence-corrected chi connectivity index (χ2v) is 7.51. The molecular formula is C20H27N3O4. The lowest BCUT2D eigenvalue weighted by atomic mass is 9.84. The van der Waals surface area contributed by atoms with Crippen LogP contribution in [0.4, 0.5) is 4.79 Å². The molecule has 7 nitrogen and oxygen atoms in total. The Kier molecular flexibility index (Phi) is 4.95. The van der Waals surface area contributed by atoms with Gasteiger partial charge >= 0.3 is 6.09 Å². The fourth-order valence-electron chi connectivity index (χ4n) is 4.64. The van der Waals surface area contributed by atoms with Gasteiger partial charge < -0.3 is 19.3 Å². The topological polar surface area (TPSA) is 62.3 Å². The Morgan fingerprint density at radius 1 is 1.15 bits per heavy atom. The van der Waals surface area contributed by atoms with Gasteiger partial charge in [0.2, 0.25) is 5.91 Å². The van der Waals surface area contributed by atoms with Crippen LogP contribution in [0.1, 0.15) is 18.5 Å². The van der Waals surface area contributed by atoms with Crippen LogP contribution < -0.4 is 4.74 Å². The van der Waals surface area contributed by atoms with Gasteiger partial charge in [-0.25, -0.2) is 4.79 Å². The summed E-state index contributed by atoms with van der Waals surface area (Å²) >= 11 is 0. The number of carbonyl (C=O) groups is 2. The van der Waals surface area contributed by atoms with Crippen molar-refractivity contribution in [3.63, 3.8) is 0 Å². The molecular weight excluding hydrogens is 346 g/mol. The Hall–Kier alpha value is -2.28. The van der Waals surface area contributed by atoms with Gasteiger partial charge in [0.15, 0.2) is 0 Å². The first-order chi connectivity index (χ1) is 13.1. The molecule has 2 saturated heterocycles. The van der Waals surface area contributed by atoms with E-state index in [1.54, 1.807) is 11.8 Å². The summed E-state index contributed by atoms with van der Waals surface area (Å²) in [5, 5.41) is 0. The molecule has 3 atom stereocenters. The number of piperazine rings is 1. The second kappa shape index (κ2) is 7.38. The zero-order chi connectivity index (χ0) is 19.0. The van der Waals surface area contributed by atoms with Crippen LogP contribution in [0, 0.1) is 11.8 Å². The van der Waals surface area contributed by atoms with Crippen molar-refractivity contribution in [3.05, 3.63) is 29.8 Å². The summed E-state index contributed by atoms with van der Waals surface area (Å²) in [4.78, 5) is 30.9. The molecule has 27 heavy (non-hydrogen) atoms. The van der Waals surface area contributed by atoms with Crippen molar-refractivity contribution in [2.45, 2.75) is 13.0 Å². The molecule has 3 aliphatic heterocycles. The zero-order valence-corrected chi connectivity index (χ0v) is 16.0. The number of amides is 2. The van der Waals surface area contributed by atoms with Gasteiger partial charge in [0, 0.05) is 50.2 Å². The van der Waals surface area contributed by atoms with E-state index in [9.17, 15) is 9.59 Å². The van der Waals surface area contributed by atoms with E-state index in [1.807, 2.05) is 23.1 Å². The molecule has 0 radical (unpaired) electrons. The van der Waals surface area contributed by atoms with E-state index in [-0.39, 0.29) is 29.9 Å². The number of ether oxygens (including phenoxy) is 2. The van der Waals surface area contributed by atoms with Crippen LogP contribution in [0.5, 0.6) is 5.75 Å². The summed E-state index contributed by atoms with van der Waals surface area (Å²) in [5.41, 5.74) is 1.18. The quantitative estimate of drug-likeness (QED) is 0.788. The Balaban J connectivity index is 1.43. The highest BCUT2D eigenvalue weighted by Crippen LogP contribution is 2.46. The van der Waals surface area contributed by atoms with E-state index in [1.165, 1.54) is 5.56 Å². The Morgan fingerprint density at radius 3 is 2.59 bits per heavy atom. The molecule has 1 aromatic rings. The molecule has 146 valence electrons. The van der Waals surface area contributed by atoms with Gasteiger partial charge in [0.1, 0.15) is 5.75 Å². The third-order valence-corrected chi connectivity index (χ3v) is 5.99. The lowest BCUT2D eigenvalue weighted by molar-refractivity contribution is -0.138. The fourth-order valence-corrected chi connectivity index (χ4v) is 4.64. The van der Waals surface area contributed by atoms with Crippen molar-refractivity contribution in [3.8, 4) is 5.75 Å². The van der Waals surface area contributed by atoms with Crippen LogP contribution in [-0.2, 0) is 9.53 Å². The highest BCUT2D eigenvalue weighted by molar-refractivity contribution is 5.80. The molecule has 7 heteroatoms. The van der Waals surface area contributed by atoms with Gasteiger partial charge in [0.25, 0.3) is 0 Å². The van der Waals surface area contributed by atoms with Crippen LogP contribution in [0.3, 0.4) is 0 Å². The molecule has 2 amide bonds. The number of likely N-dealkylation sites (tertiary alicyclic amines) is 1. The first kappa shape index (κ1) is 18.1. The summed E-state index contributed by atoms with van der Waals surface area (Å²) in [5.74, 6) is 1.21. The molecule has 0 saturated carbocycles. The minimum atomic E-state index is -0.289. The van der Waals surface area contributed by atoms with Gasteiger partial charge in [-0.3, -0.25) is 9.69 Å². The van der Waals surface area contributed by atoms with E-state index >= 15 is 0 Å². The first-order valence-corrected chi connectivity index (χ1v) is 9.72. The monoisotopic (exact) mass is 373 g/mol. The predicted octanol–water partition coefficient (Wildman–Crippen LogP) is 1.60. The number of fused-ring (bicyclic) bond motifs is 3. The Labute approximate surface area is 159 Å². The van der Waals surface area contributed by atoms with Crippen LogP contribution in [0.2, 0.25) is 0 Å². The molecule has 0 bridgehead atoms. The minimum Gasteiger partial charge on any atom is -0.493 e. The van der Waals surface area contributed by atoms with Crippen LogP contribution >= 0.6 is 0 Å². The number of para-hydroxylation sites is 1. The van der Waals surface area contributed by atoms with E-state index < -0.39 is 0 Å². The van der Waals surface area contributed by atoms with Crippen molar-refractivity contribution < 1.29 is 19.1 Å². The summed E-state index contributed by atoms with van der Waals surface area (Å²) in [6, 6.07) is 8.35. The number of rotatable bonds is 2. The van der Waals surface area contributed by atoms with Crippen LogP contribution in [0.15, 0.2) is 24.3 Å². The molecule has 0 aliphatic carbocycles. The average molecular weight is 373 g/mol. The second-order valence-electron chi connectivity index (χ2n) is 7.51. The third-order valence-electron chi connectivity index (χ3n) is 5.99. The smallest absolute Gasteiger partial charge is 0.409 e.